The number of rotatable bonds is 13. The maximum absolute atomic E-state index is 14.2. The van der Waals surface area contributed by atoms with Gasteiger partial charge < -0.3 is 18.9 Å². The summed E-state index contributed by atoms with van der Waals surface area (Å²) in [5.74, 6) is -0.955. The van der Waals surface area contributed by atoms with Gasteiger partial charge in [0.05, 0.1) is 50.6 Å². The van der Waals surface area contributed by atoms with Crippen molar-refractivity contribution in [3.8, 4) is 12.1 Å². The van der Waals surface area contributed by atoms with Gasteiger partial charge in [0.2, 0.25) is 0 Å². The number of carbonyl (C=O) groups is 1. The lowest BCUT2D eigenvalue weighted by atomic mass is 9.84. The topological polar surface area (TPSA) is 117 Å². The van der Waals surface area contributed by atoms with Gasteiger partial charge in [0.25, 0.3) is 0 Å². The predicted octanol–water partition coefficient (Wildman–Crippen LogP) is 6.49. The Hall–Kier alpha value is -4.54. The lowest BCUT2D eigenvalue weighted by molar-refractivity contribution is -0.147. The third-order valence-electron chi connectivity index (χ3n) is 7.75. The molecule has 0 spiro atoms. The van der Waals surface area contributed by atoms with E-state index in [1.165, 1.54) is 6.21 Å². The molecule has 9 heteroatoms. The highest BCUT2D eigenvalue weighted by Crippen LogP contribution is 2.44. The Balaban J connectivity index is 1.81. The van der Waals surface area contributed by atoms with E-state index in [-0.39, 0.29) is 26.4 Å². The number of benzene rings is 3. The average Bonchev–Trinajstić information content (AvgIpc) is 3.29. The van der Waals surface area contributed by atoms with Crippen LogP contribution in [0.5, 0.6) is 0 Å². The Morgan fingerprint density at radius 1 is 0.913 bits per heavy atom. The third kappa shape index (κ3) is 9.02. The molecule has 1 aliphatic rings. The van der Waals surface area contributed by atoms with Crippen molar-refractivity contribution in [2.75, 3.05) is 13.2 Å². The number of ether oxygens (including phenoxy) is 4. The third-order valence-corrected chi connectivity index (χ3v) is 7.75. The second kappa shape index (κ2) is 16.1. The molecule has 3 aromatic rings. The number of nitrogens with zero attached hydrogens (tertiary/aromatic N) is 4. The van der Waals surface area contributed by atoms with E-state index in [2.05, 4.69) is 11.1 Å². The summed E-state index contributed by atoms with van der Waals surface area (Å²) >= 11 is 0. The van der Waals surface area contributed by atoms with Crippen molar-refractivity contribution in [1.29, 1.82) is 10.5 Å². The fourth-order valence-corrected chi connectivity index (χ4v) is 5.72. The van der Waals surface area contributed by atoms with Crippen LogP contribution in [0.15, 0.2) is 96.0 Å². The Bertz CT molecular complexity index is 1500. The zero-order valence-electron chi connectivity index (χ0n) is 26.9. The fourth-order valence-electron chi connectivity index (χ4n) is 5.72. The first-order valence-corrected chi connectivity index (χ1v) is 15.4. The SMILES string of the molecule is CC(C)(C)OC(=O)N1[C@H](COCc2ccccc2)[C@@H](OCc2ccccc2)[C@@](C)(OCc2ccccc2)[C@@H]1C(C#N)C=NCC#N. The Morgan fingerprint density at radius 2 is 1.46 bits per heavy atom. The van der Waals surface area contributed by atoms with E-state index in [0.717, 1.165) is 16.7 Å². The van der Waals surface area contributed by atoms with Crippen LogP contribution in [0.25, 0.3) is 0 Å². The monoisotopic (exact) mass is 622 g/mol. The summed E-state index contributed by atoms with van der Waals surface area (Å²) in [6, 6.07) is 31.9. The Morgan fingerprint density at radius 3 is 1.98 bits per heavy atom. The molecule has 9 nitrogen and oxygen atoms in total. The highest BCUT2D eigenvalue weighted by molar-refractivity contribution is 5.73. The highest BCUT2D eigenvalue weighted by atomic mass is 16.6. The van der Waals surface area contributed by atoms with Gasteiger partial charge in [-0.05, 0) is 44.4 Å². The molecule has 4 rings (SSSR count). The summed E-state index contributed by atoms with van der Waals surface area (Å²) in [5.41, 5.74) is 0.782. The zero-order valence-corrected chi connectivity index (χ0v) is 26.9. The molecular weight excluding hydrogens is 580 g/mol. The molecule has 1 heterocycles. The lowest BCUT2D eigenvalue weighted by Crippen LogP contribution is -2.55. The van der Waals surface area contributed by atoms with E-state index < -0.39 is 41.4 Å². The maximum Gasteiger partial charge on any atom is 0.411 e. The lowest BCUT2D eigenvalue weighted by Gasteiger charge is -2.38. The molecule has 0 bridgehead atoms. The molecule has 3 aromatic carbocycles. The fraction of sp³-hybridized carbons (Fsp3) is 0.405. The number of carbonyl (C=O) groups excluding carboxylic acids is 1. The van der Waals surface area contributed by atoms with Gasteiger partial charge in [-0.15, -0.1) is 0 Å². The van der Waals surface area contributed by atoms with Gasteiger partial charge in [0.15, 0.2) is 0 Å². The standard InChI is InChI=1S/C37H42N4O5/c1-36(2,3)46-35(42)41-32(27-43-24-28-14-8-5-9-15-28)34(44-25-29-16-10-6-11-17-29)37(4,45-26-30-18-12-7-13-19-30)33(41)31(22-39)23-40-21-20-38/h5-19,23,31-34H,21,24-27H2,1-4H3/t31?,32-,33+,34-,37+/m1/s1. The first kappa shape index (κ1) is 34.3. The molecule has 0 aromatic heterocycles. The number of hydrogen-bond donors (Lipinski definition) is 0. The summed E-state index contributed by atoms with van der Waals surface area (Å²) < 4.78 is 25.7. The number of aliphatic imine (C=N–C) groups is 1. The minimum atomic E-state index is -1.23. The van der Waals surface area contributed by atoms with E-state index in [4.69, 9.17) is 24.2 Å². The van der Waals surface area contributed by atoms with Crippen LogP contribution in [-0.4, -0.2) is 59.7 Å². The Kier molecular flexibility index (Phi) is 12.1. The minimum absolute atomic E-state index is 0.0852. The van der Waals surface area contributed by atoms with Crippen molar-refractivity contribution in [1.82, 2.24) is 4.90 Å². The van der Waals surface area contributed by atoms with Crippen LogP contribution >= 0.6 is 0 Å². The molecule has 0 saturated carbocycles. The summed E-state index contributed by atoms with van der Waals surface area (Å²) in [5, 5.41) is 19.7. The van der Waals surface area contributed by atoms with E-state index in [1.54, 1.807) is 25.7 Å². The van der Waals surface area contributed by atoms with Crippen molar-refractivity contribution >= 4 is 12.3 Å². The van der Waals surface area contributed by atoms with E-state index in [0.29, 0.717) is 6.61 Å². The second-order valence-electron chi connectivity index (χ2n) is 12.4. The van der Waals surface area contributed by atoms with Crippen LogP contribution < -0.4 is 0 Å². The van der Waals surface area contributed by atoms with Crippen molar-refractivity contribution in [2.45, 2.75) is 76.9 Å². The largest absolute Gasteiger partial charge is 0.444 e. The van der Waals surface area contributed by atoms with Crippen LogP contribution in [0.4, 0.5) is 4.79 Å². The maximum atomic E-state index is 14.2. The molecule has 5 atom stereocenters. The zero-order chi connectivity index (χ0) is 33.0. The van der Waals surface area contributed by atoms with E-state index >= 15 is 0 Å². The molecular formula is C37H42N4O5. The van der Waals surface area contributed by atoms with E-state index in [1.807, 2.05) is 104 Å². The smallest absolute Gasteiger partial charge is 0.411 e. The van der Waals surface area contributed by atoms with Gasteiger partial charge in [0, 0.05) is 6.21 Å². The normalized spacial score (nSPS) is 21.9. The van der Waals surface area contributed by atoms with Gasteiger partial charge in [-0.3, -0.25) is 9.89 Å². The van der Waals surface area contributed by atoms with Crippen LogP contribution in [0.1, 0.15) is 44.4 Å². The Labute approximate surface area is 272 Å². The first-order valence-electron chi connectivity index (χ1n) is 15.4. The minimum Gasteiger partial charge on any atom is -0.444 e. The molecule has 0 radical (unpaired) electrons. The number of nitriles is 2. The molecule has 1 saturated heterocycles. The molecule has 1 aliphatic heterocycles. The van der Waals surface area contributed by atoms with E-state index in [9.17, 15) is 10.1 Å². The van der Waals surface area contributed by atoms with Gasteiger partial charge in [-0.1, -0.05) is 91.0 Å². The van der Waals surface area contributed by atoms with Crippen molar-refractivity contribution in [2.24, 2.45) is 10.9 Å². The van der Waals surface area contributed by atoms with Crippen LogP contribution in [0.3, 0.4) is 0 Å². The molecule has 240 valence electrons. The summed E-state index contributed by atoms with van der Waals surface area (Å²) in [6.07, 6.45) is 0.0571. The quantitative estimate of drug-likeness (QED) is 0.158. The van der Waals surface area contributed by atoms with Crippen molar-refractivity contribution in [3.05, 3.63) is 108 Å². The second-order valence-corrected chi connectivity index (χ2v) is 12.4. The molecule has 0 N–H and O–H groups in total. The van der Waals surface area contributed by atoms with Crippen LogP contribution in [0.2, 0.25) is 0 Å². The van der Waals surface area contributed by atoms with Gasteiger partial charge in [-0.25, -0.2) is 4.79 Å². The van der Waals surface area contributed by atoms with Crippen LogP contribution in [0, 0.1) is 28.6 Å². The molecule has 1 fully saturated rings. The van der Waals surface area contributed by atoms with Gasteiger partial charge in [0.1, 0.15) is 29.8 Å². The number of hydrogen-bond acceptors (Lipinski definition) is 8. The van der Waals surface area contributed by atoms with Crippen LogP contribution in [-0.2, 0) is 38.8 Å². The molecule has 46 heavy (non-hydrogen) atoms. The van der Waals surface area contributed by atoms with Crippen molar-refractivity contribution in [3.63, 3.8) is 0 Å². The predicted molar refractivity (Wildman–Crippen MR) is 174 cm³/mol. The van der Waals surface area contributed by atoms with Gasteiger partial charge in [-0.2, -0.15) is 10.5 Å². The average molecular weight is 623 g/mol. The molecule has 1 amide bonds. The van der Waals surface area contributed by atoms with Gasteiger partial charge >= 0.3 is 6.09 Å². The number of likely N-dealkylation sites (tertiary alicyclic amines) is 1. The first-order chi connectivity index (χ1) is 22.2. The number of amides is 1. The molecule has 1 unspecified atom stereocenters. The summed E-state index contributed by atoms with van der Waals surface area (Å²) in [6.45, 7) is 7.95. The summed E-state index contributed by atoms with van der Waals surface area (Å²) in [7, 11) is 0. The molecule has 0 aliphatic carbocycles. The summed E-state index contributed by atoms with van der Waals surface area (Å²) in [4.78, 5) is 19.9. The highest BCUT2D eigenvalue weighted by Gasteiger charge is 2.63. The van der Waals surface area contributed by atoms with Crippen molar-refractivity contribution < 1.29 is 23.7 Å².